The van der Waals surface area contributed by atoms with Gasteiger partial charge in [0.25, 0.3) is 0 Å². The van der Waals surface area contributed by atoms with Gasteiger partial charge in [-0.05, 0) is 44.8 Å². The van der Waals surface area contributed by atoms with Crippen LogP contribution in [0.3, 0.4) is 0 Å². The maximum absolute atomic E-state index is 12.6. The minimum atomic E-state index is -0.0533. The number of likely N-dealkylation sites (N-methyl/N-ethyl adjacent to an activating group) is 1. The molecule has 20 heavy (non-hydrogen) atoms. The predicted molar refractivity (Wildman–Crippen MR) is 85.4 cm³/mol. The molecule has 0 spiro atoms. The summed E-state index contributed by atoms with van der Waals surface area (Å²) in [5, 5.41) is 3.39. The van der Waals surface area contributed by atoms with Gasteiger partial charge in [-0.3, -0.25) is 4.79 Å². The summed E-state index contributed by atoms with van der Waals surface area (Å²) >= 11 is 0. The van der Waals surface area contributed by atoms with Crippen molar-refractivity contribution < 1.29 is 4.79 Å². The second-order valence-corrected chi connectivity index (χ2v) is 5.42. The van der Waals surface area contributed by atoms with Crippen LogP contribution in [0.1, 0.15) is 37.7 Å². The fourth-order valence-electron chi connectivity index (χ4n) is 2.76. The Kier molecular flexibility index (Phi) is 7.03. The van der Waals surface area contributed by atoms with Gasteiger partial charge >= 0.3 is 0 Å². The number of carbonyl (C=O) groups excluding carboxylic acids is 1. The Balaban J connectivity index is 0.00000200. The molecule has 2 unspecified atom stereocenters. The van der Waals surface area contributed by atoms with E-state index in [1.54, 1.807) is 0 Å². The first-order valence-corrected chi connectivity index (χ1v) is 7.22. The van der Waals surface area contributed by atoms with Crippen LogP contribution in [0, 0.1) is 0 Å². The lowest BCUT2D eigenvalue weighted by Gasteiger charge is -2.29. The van der Waals surface area contributed by atoms with Gasteiger partial charge in [0.1, 0.15) is 0 Å². The second kappa shape index (κ2) is 8.28. The van der Waals surface area contributed by atoms with E-state index < -0.39 is 0 Å². The van der Waals surface area contributed by atoms with Crippen molar-refractivity contribution in [2.45, 2.75) is 38.1 Å². The average Bonchev–Trinajstić information content (AvgIpc) is 2.75. The van der Waals surface area contributed by atoms with Crippen LogP contribution in [0.4, 0.5) is 0 Å². The van der Waals surface area contributed by atoms with Gasteiger partial charge in [0.2, 0.25) is 5.91 Å². The maximum atomic E-state index is 12.6. The lowest BCUT2D eigenvalue weighted by molar-refractivity contribution is -0.133. The minimum Gasteiger partial charge on any atom is -0.342 e. The van der Waals surface area contributed by atoms with E-state index in [1.807, 2.05) is 49.2 Å². The molecule has 1 aliphatic heterocycles. The number of carbonyl (C=O) groups is 1. The van der Waals surface area contributed by atoms with Crippen LogP contribution >= 0.6 is 12.4 Å². The van der Waals surface area contributed by atoms with E-state index in [4.69, 9.17) is 0 Å². The lowest BCUT2D eigenvalue weighted by atomic mass is 9.98. The summed E-state index contributed by atoms with van der Waals surface area (Å²) in [7, 11) is 1.96. The SMILES string of the molecule is CC(C(=O)N(C)C1CCCNCC1)c1ccccc1.Cl. The molecule has 0 bridgehead atoms. The topological polar surface area (TPSA) is 32.3 Å². The fourth-order valence-corrected chi connectivity index (χ4v) is 2.76. The molecule has 3 nitrogen and oxygen atoms in total. The summed E-state index contributed by atoms with van der Waals surface area (Å²) in [5.74, 6) is 0.181. The Morgan fingerprint density at radius 2 is 1.95 bits per heavy atom. The zero-order chi connectivity index (χ0) is 13.7. The van der Waals surface area contributed by atoms with E-state index >= 15 is 0 Å². The third-order valence-electron chi connectivity index (χ3n) is 4.11. The van der Waals surface area contributed by atoms with Gasteiger partial charge in [-0.2, -0.15) is 0 Å². The summed E-state index contributed by atoms with van der Waals surface area (Å²) in [4.78, 5) is 14.5. The van der Waals surface area contributed by atoms with Crippen molar-refractivity contribution in [2.75, 3.05) is 20.1 Å². The number of nitrogens with zero attached hydrogens (tertiary/aromatic N) is 1. The Morgan fingerprint density at radius 3 is 2.65 bits per heavy atom. The van der Waals surface area contributed by atoms with Crippen LogP contribution in [0.2, 0.25) is 0 Å². The molecule has 1 aliphatic rings. The van der Waals surface area contributed by atoms with Crippen molar-refractivity contribution in [1.29, 1.82) is 0 Å². The third kappa shape index (κ3) is 4.22. The van der Waals surface area contributed by atoms with Gasteiger partial charge in [0, 0.05) is 13.1 Å². The Morgan fingerprint density at radius 1 is 1.25 bits per heavy atom. The van der Waals surface area contributed by atoms with Gasteiger partial charge in [0.15, 0.2) is 0 Å². The van der Waals surface area contributed by atoms with E-state index in [0.717, 1.165) is 37.9 Å². The summed E-state index contributed by atoms with van der Waals surface area (Å²) in [6.45, 7) is 4.10. The summed E-state index contributed by atoms with van der Waals surface area (Å²) in [6.07, 6.45) is 3.32. The summed E-state index contributed by atoms with van der Waals surface area (Å²) in [5.41, 5.74) is 1.10. The molecule has 2 atom stereocenters. The highest BCUT2D eigenvalue weighted by atomic mass is 35.5. The normalized spacial score (nSPS) is 20.4. The number of nitrogens with one attached hydrogen (secondary N) is 1. The quantitative estimate of drug-likeness (QED) is 0.930. The number of benzene rings is 1. The van der Waals surface area contributed by atoms with Crippen LogP contribution in [-0.2, 0) is 4.79 Å². The predicted octanol–water partition coefficient (Wildman–Crippen LogP) is 2.81. The first-order chi connectivity index (χ1) is 9.20. The number of hydrogen-bond donors (Lipinski definition) is 1. The van der Waals surface area contributed by atoms with Crippen LogP contribution < -0.4 is 5.32 Å². The molecule has 0 radical (unpaired) electrons. The first-order valence-electron chi connectivity index (χ1n) is 7.22. The molecule has 1 saturated heterocycles. The highest BCUT2D eigenvalue weighted by Crippen LogP contribution is 2.20. The van der Waals surface area contributed by atoms with Gasteiger partial charge in [-0.15, -0.1) is 12.4 Å². The van der Waals surface area contributed by atoms with Crippen molar-refractivity contribution in [2.24, 2.45) is 0 Å². The number of amides is 1. The molecule has 1 aromatic rings. The van der Waals surface area contributed by atoms with Crippen LogP contribution in [-0.4, -0.2) is 37.0 Å². The fraction of sp³-hybridized carbons (Fsp3) is 0.562. The molecule has 1 aromatic carbocycles. The molecule has 112 valence electrons. The van der Waals surface area contributed by atoms with Crippen LogP contribution in [0.25, 0.3) is 0 Å². The molecule has 1 fully saturated rings. The molecule has 0 aliphatic carbocycles. The van der Waals surface area contributed by atoms with Gasteiger partial charge in [0.05, 0.1) is 5.92 Å². The molecule has 1 heterocycles. The van der Waals surface area contributed by atoms with Crippen molar-refractivity contribution in [3.8, 4) is 0 Å². The summed E-state index contributed by atoms with van der Waals surface area (Å²) < 4.78 is 0. The molecule has 4 heteroatoms. The van der Waals surface area contributed by atoms with E-state index in [-0.39, 0.29) is 24.2 Å². The van der Waals surface area contributed by atoms with E-state index in [2.05, 4.69) is 5.32 Å². The number of hydrogen-bond acceptors (Lipinski definition) is 2. The van der Waals surface area contributed by atoms with E-state index in [1.165, 1.54) is 0 Å². The molecule has 2 rings (SSSR count). The Bertz CT molecular complexity index is 402. The molecular weight excluding hydrogens is 272 g/mol. The second-order valence-electron chi connectivity index (χ2n) is 5.42. The molecule has 1 amide bonds. The summed E-state index contributed by atoms with van der Waals surface area (Å²) in [6, 6.07) is 10.4. The van der Waals surface area contributed by atoms with E-state index in [9.17, 15) is 4.79 Å². The maximum Gasteiger partial charge on any atom is 0.229 e. The van der Waals surface area contributed by atoms with Crippen molar-refractivity contribution in [1.82, 2.24) is 10.2 Å². The van der Waals surface area contributed by atoms with E-state index in [0.29, 0.717) is 6.04 Å². The van der Waals surface area contributed by atoms with Crippen molar-refractivity contribution >= 4 is 18.3 Å². The van der Waals surface area contributed by atoms with Gasteiger partial charge in [-0.1, -0.05) is 30.3 Å². The zero-order valence-electron chi connectivity index (χ0n) is 12.3. The van der Waals surface area contributed by atoms with Crippen molar-refractivity contribution in [3.05, 3.63) is 35.9 Å². The number of halogens is 1. The Hall–Kier alpha value is -1.06. The minimum absolute atomic E-state index is 0. The monoisotopic (exact) mass is 296 g/mol. The van der Waals surface area contributed by atoms with Gasteiger partial charge in [-0.25, -0.2) is 0 Å². The smallest absolute Gasteiger partial charge is 0.229 e. The lowest BCUT2D eigenvalue weighted by Crippen LogP contribution is -2.39. The first kappa shape index (κ1) is 17.0. The number of rotatable bonds is 3. The molecule has 1 N–H and O–H groups in total. The highest BCUT2D eigenvalue weighted by molar-refractivity contribution is 5.85. The van der Waals surface area contributed by atoms with Crippen LogP contribution in [0.15, 0.2) is 30.3 Å². The third-order valence-corrected chi connectivity index (χ3v) is 4.11. The standard InChI is InChI=1S/C16H24N2O.ClH/c1-13(14-7-4-3-5-8-14)16(19)18(2)15-9-6-11-17-12-10-15;/h3-5,7-8,13,15,17H,6,9-12H2,1-2H3;1H. The van der Waals surface area contributed by atoms with Crippen molar-refractivity contribution in [3.63, 3.8) is 0 Å². The zero-order valence-corrected chi connectivity index (χ0v) is 13.2. The largest absolute Gasteiger partial charge is 0.342 e. The van der Waals surface area contributed by atoms with Gasteiger partial charge < -0.3 is 10.2 Å². The Labute approximate surface area is 128 Å². The molecular formula is C16H25ClN2O. The highest BCUT2D eigenvalue weighted by Gasteiger charge is 2.25. The average molecular weight is 297 g/mol. The van der Waals surface area contributed by atoms with Crippen LogP contribution in [0.5, 0.6) is 0 Å². The molecule has 0 aromatic heterocycles. The molecule has 0 saturated carbocycles.